The third-order valence-electron chi connectivity index (χ3n) is 5.80. The molecule has 1 aliphatic rings. The third kappa shape index (κ3) is 5.00. The van der Waals surface area contributed by atoms with E-state index in [9.17, 15) is 18.0 Å². The molecule has 2 heterocycles. The van der Waals surface area contributed by atoms with E-state index >= 15 is 0 Å². The van der Waals surface area contributed by atoms with Gasteiger partial charge in [0.1, 0.15) is 16.4 Å². The van der Waals surface area contributed by atoms with Crippen molar-refractivity contribution >= 4 is 26.7 Å². The zero-order valence-corrected chi connectivity index (χ0v) is 20.5. The van der Waals surface area contributed by atoms with Gasteiger partial charge in [0.15, 0.2) is 0 Å². The second-order valence-corrected chi connectivity index (χ2v) is 10.2. The summed E-state index contributed by atoms with van der Waals surface area (Å²) in [5.41, 5.74) is 1.61. The van der Waals surface area contributed by atoms with Crippen LogP contribution in [0.1, 0.15) is 41.1 Å². The summed E-state index contributed by atoms with van der Waals surface area (Å²) < 4.78 is 37.8. The zero-order chi connectivity index (χ0) is 25.2. The molecule has 8 nitrogen and oxygen atoms in total. The predicted octanol–water partition coefficient (Wildman–Crippen LogP) is 3.75. The molecule has 0 aliphatic carbocycles. The van der Waals surface area contributed by atoms with Gasteiger partial charge in [0.2, 0.25) is 0 Å². The summed E-state index contributed by atoms with van der Waals surface area (Å²) in [6.45, 7) is 3.26. The van der Waals surface area contributed by atoms with Gasteiger partial charge in [-0.3, -0.25) is 9.59 Å². The van der Waals surface area contributed by atoms with Crippen LogP contribution >= 0.6 is 0 Å². The van der Waals surface area contributed by atoms with E-state index in [0.717, 1.165) is 10.1 Å². The number of sulfonamides is 1. The quantitative estimate of drug-likeness (QED) is 0.511. The molecular formula is C26H26N2O6S. The number of amides is 2. The summed E-state index contributed by atoms with van der Waals surface area (Å²) in [5.74, 6) is 0.553. The predicted molar refractivity (Wildman–Crippen MR) is 131 cm³/mol. The number of methoxy groups -OCH3 is 1. The molecule has 0 bridgehead atoms. The van der Waals surface area contributed by atoms with Crippen LogP contribution in [0, 0.1) is 0 Å². The lowest BCUT2D eigenvalue weighted by atomic mass is 10.1. The first-order valence-electron chi connectivity index (χ1n) is 11.0. The summed E-state index contributed by atoms with van der Waals surface area (Å²) in [6.07, 6.45) is 2.15. The number of carbonyl (C=O) groups excluding carboxylic acids is 2. The Morgan fingerprint density at radius 3 is 2.37 bits per heavy atom. The molecule has 1 atom stereocenters. The van der Waals surface area contributed by atoms with Gasteiger partial charge in [0.05, 0.1) is 19.9 Å². The second-order valence-electron chi connectivity index (χ2n) is 8.35. The van der Waals surface area contributed by atoms with Gasteiger partial charge in [-0.2, -0.15) is 0 Å². The maximum atomic E-state index is 13.2. The van der Waals surface area contributed by atoms with Crippen LogP contribution in [0.5, 0.6) is 5.75 Å². The SMILES string of the molecule is COc1ccc(C2=C(C)C(=O)N(Cc3ccc(C(=O)N[C@H](C)Cc4ccco4)cc3)S2(=O)=O)cc1. The van der Waals surface area contributed by atoms with Crippen molar-refractivity contribution in [1.82, 2.24) is 9.62 Å². The van der Waals surface area contributed by atoms with E-state index in [0.29, 0.717) is 28.9 Å². The zero-order valence-electron chi connectivity index (χ0n) is 19.6. The molecule has 2 aromatic carbocycles. The van der Waals surface area contributed by atoms with Crippen molar-refractivity contribution in [1.29, 1.82) is 0 Å². The van der Waals surface area contributed by atoms with Crippen LogP contribution < -0.4 is 10.1 Å². The molecule has 9 heteroatoms. The Hall–Kier alpha value is -3.85. The highest BCUT2D eigenvalue weighted by molar-refractivity contribution is 7.99. The van der Waals surface area contributed by atoms with E-state index in [-0.39, 0.29) is 29.0 Å². The molecule has 0 spiro atoms. The lowest BCUT2D eigenvalue weighted by Crippen LogP contribution is -2.34. The van der Waals surface area contributed by atoms with Gasteiger partial charge in [0.25, 0.3) is 21.8 Å². The van der Waals surface area contributed by atoms with Crippen molar-refractivity contribution in [3.63, 3.8) is 0 Å². The van der Waals surface area contributed by atoms with Crippen molar-refractivity contribution in [3.8, 4) is 5.75 Å². The molecule has 1 aromatic heterocycles. The van der Waals surface area contributed by atoms with Crippen LogP contribution in [0.15, 0.2) is 76.9 Å². The number of rotatable bonds is 8. The largest absolute Gasteiger partial charge is 0.497 e. The van der Waals surface area contributed by atoms with E-state index in [1.54, 1.807) is 60.9 Å². The van der Waals surface area contributed by atoms with Crippen LogP contribution in [-0.4, -0.2) is 37.7 Å². The smallest absolute Gasteiger partial charge is 0.268 e. The molecule has 0 unspecified atom stereocenters. The highest BCUT2D eigenvalue weighted by Crippen LogP contribution is 2.37. The average Bonchev–Trinajstić information content (AvgIpc) is 3.40. The molecule has 0 saturated heterocycles. The van der Waals surface area contributed by atoms with E-state index < -0.39 is 15.9 Å². The van der Waals surface area contributed by atoms with Gasteiger partial charge >= 0.3 is 0 Å². The van der Waals surface area contributed by atoms with Crippen molar-refractivity contribution < 1.29 is 27.2 Å². The first kappa shape index (κ1) is 24.3. The third-order valence-corrected chi connectivity index (χ3v) is 7.73. The fraction of sp³-hybridized carbons (Fsp3) is 0.231. The van der Waals surface area contributed by atoms with E-state index in [4.69, 9.17) is 9.15 Å². The standard InChI is InChI=1S/C26H26N2O6S/c1-17(15-23-5-4-14-34-23)27-25(29)21-8-6-19(7-9-21)16-28-26(30)18(2)24(35(28,31)32)20-10-12-22(33-3)13-11-20/h4-14,17H,15-16H2,1-3H3,(H,27,29)/t17-/m1/s1. The fourth-order valence-electron chi connectivity index (χ4n) is 3.98. The molecule has 182 valence electrons. The number of furan rings is 1. The topological polar surface area (TPSA) is 106 Å². The highest BCUT2D eigenvalue weighted by Gasteiger charge is 2.42. The first-order chi connectivity index (χ1) is 16.7. The van der Waals surface area contributed by atoms with Gasteiger partial charge in [0, 0.05) is 23.6 Å². The van der Waals surface area contributed by atoms with Gasteiger partial charge in [-0.05, 0) is 73.5 Å². The number of nitrogens with zero attached hydrogens (tertiary/aromatic N) is 1. The average molecular weight is 495 g/mol. The number of ether oxygens (including phenoxy) is 1. The Morgan fingerprint density at radius 2 is 1.77 bits per heavy atom. The Morgan fingerprint density at radius 1 is 1.09 bits per heavy atom. The van der Waals surface area contributed by atoms with Crippen molar-refractivity contribution in [2.45, 2.75) is 32.9 Å². The molecule has 1 aliphatic heterocycles. The molecule has 2 amide bonds. The Labute approximate surface area is 204 Å². The monoisotopic (exact) mass is 494 g/mol. The van der Waals surface area contributed by atoms with Crippen molar-refractivity contribution in [3.05, 3.63) is 95.0 Å². The number of hydrogen-bond donors (Lipinski definition) is 1. The van der Waals surface area contributed by atoms with Crippen LogP contribution in [0.25, 0.3) is 4.91 Å². The molecular weight excluding hydrogens is 468 g/mol. The Balaban J connectivity index is 1.45. The Kier molecular flexibility index (Phi) is 6.79. The molecule has 0 fully saturated rings. The Bertz CT molecular complexity index is 1360. The number of benzene rings is 2. The number of nitrogens with one attached hydrogen (secondary N) is 1. The molecule has 0 radical (unpaired) electrons. The maximum absolute atomic E-state index is 13.2. The van der Waals surface area contributed by atoms with Crippen LogP contribution in [0.4, 0.5) is 0 Å². The lowest BCUT2D eigenvalue weighted by Gasteiger charge is -2.17. The normalized spacial score (nSPS) is 15.9. The molecule has 35 heavy (non-hydrogen) atoms. The number of carbonyl (C=O) groups is 2. The fourth-order valence-corrected chi connectivity index (χ4v) is 5.78. The van der Waals surface area contributed by atoms with Crippen LogP contribution in [0.3, 0.4) is 0 Å². The van der Waals surface area contributed by atoms with Crippen LogP contribution in [-0.2, 0) is 27.8 Å². The van der Waals surface area contributed by atoms with Crippen LogP contribution in [0.2, 0.25) is 0 Å². The van der Waals surface area contributed by atoms with Gasteiger partial charge in [-0.15, -0.1) is 0 Å². The molecule has 4 rings (SSSR count). The number of hydrogen-bond acceptors (Lipinski definition) is 6. The van der Waals surface area contributed by atoms with E-state index in [1.165, 1.54) is 14.0 Å². The highest BCUT2D eigenvalue weighted by atomic mass is 32.2. The molecule has 1 N–H and O–H groups in total. The summed E-state index contributed by atoms with van der Waals surface area (Å²) in [7, 11) is -2.51. The van der Waals surface area contributed by atoms with Crippen molar-refractivity contribution in [2.24, 2.45) is 0 Å². The summed E-state index contributed by atoms with van der Waals surface area (Å²) in [5, 5.41) is 2.91. The van der Waals surface area contributed by atoms with Gasteiger partial charge < -0.3 is 14.5 Å². The molecule has 3 aromatic rings. The van der Waals surface area contributed by atoms with Gasteiger partial charge in [-0.1, -0.05) is 12.1 Å². The minimum atomic E-state index is -4.03. The summed E-state index contributed by atoms with van der Waals surface area (Å²) >= 11 is 0. The van der Waals surface area contributed by atoms with E-state index in [2.05, 4.69) is 5.32 Å². The second kappa shape index (κ2) is 9.79. The van der Waals surface area contributed by atoms with Gasteiger partial charge in [-0.25, -0.2) is 12.7 Å². The van der Waals surface area contributed by atoms with E-state index in [1.807, 2.05) is 13.0 Å². The van der Waals surface area contributed by atoms with Crippen molar-refractivity contribution in [2.75, 3.05) is 7.11 Å². The maximum Gasteiger partial charge on any atom is 0.268 e. The minimum Gasteiger partial charge on any atom is -0.497 e. The molecule has 0 saturated carbocycles. The first-order valence-corrected chi connectivity index (χ1v) is 12.5. The summed E-state index contributed by atoms with van der Waals surface area (Å²) in [4.78, 5) is 25.4. The lowest BCUT2D eigenvalue weighted by molar-refractivity contribution is -0.122. The summed E-state index contributed by atoms with van der Waals surface area (Å²) in [6, 6.07) is 16.6. The minimum absolute atomic E-state index is 0.00769.